The van der Waals surface area contributed by atoms with Crippen molar-refractivity contribution in [2.45, 2.75) is 11.8 Å². The smallest absolute Gasteiger partial charge is 0.261 e. The molecule has 31 heavy (non-hydrogen) atoms. The number of amides is 1. The van der Waals surface area contributed by atoms with Crippen LogP contribution in [0.25, 0.3) is 11.1 Å². The summed E-state index contributed by atoms with van der Waals surface area (Å²) in [5, 5.41) is 2.73. The van der Waals surface area contributed by atoms with Crippen LogP contribution in [0.15, 0.2) is 70.0 Å². The number of hydrogen-bond acceptors (Lipinski definition) is 5. The first-order valence-corrected chi connectivity index (χ1v) is 10.5. The van der Waals surface area contributed by atoms with Crippen LogP contribution in [0.4, 0.5) is 20.2 Å². The Balaban J connectivity index is 1.47. The molecule has 0 spiro atoms. The second kappa shape index (κ2) is 7.80. The number of carbonyl (C=O) groups excluding carboxylic acids is 1. The second-order valence-corrected chi connectivity index (χ2v) is 8.31. The van der Waals surface area contributed by atoms with E-state index >= 15 is 0 Å². The minimum Gasteiger partial charge on any atom is -0.441 e. The highest BCUT2D eigenvalue weighted by Crippen LogP contribution is 2.22. The van der Waals surface area contributed by atoms with Crippen molar-refractivity contribution in [2.24, 2.45) is 0 Å². The summed E-state index contributed by atoms with van der Waals surface area (Å²) in [6, 6.07) is 12.9. The van der Waals surface area contributed by atoms with E-state index in [9.17, 15) is 22.0 Å². The lowest BCUT2D eigenvalue weighted by Crippen LogP contribution is -2.14. The fourth-order valence-electron chi connectivity index (χ4n) is 2.87. The fourth-order valence-corrected chi connectivity index (χ4v) is 3.94. The Morgan fingerprint density at radius 1 is 0.935 bits per heavy atom. The molecule has 3 aromatic carbocycles. The summed E-state index contributed by atoms with van der Waals surface area (Å²) >= 11 is 0. The fraction of sp³-hybridized carbons (Fsp3) is 0.0476. The molecule has 0 atom stereocenters. The number of anilines is 2. The van der Waals surface area contributed by atoms with Crippen molar-refractivity contribution >= 4 is 38.4 Å². The van der Waals surface area contributed by atoms with Crippen molar-refractivity contribution in [2.75, 3.05) is 10.0 Å². The van der Waals surface area contributed by atoms with Crippen LogP contribution in [0.5, 0.6) is 0 Å². The maximum Gasteiger partial charge on any atom is 0.261 e. The molecule has 0 saturated carbocycles. The molecule has 158 valence electrons. The van der Waals surface area contributed by atoms with Gasteiger partial charge in [-0.3, -0.25) is 9.52 Å². The van der Waals surface area contributed by atoms with Crippen molar-refractivity contribution in [3.8, 4) is 0 Å². The number of oxazole rings is 1. The van der Waals surface area contributed by atoms with E-state index in [-0.39, 0.29) is 11.3 Å². The number of nitrogens with one attached hydrogen (secondary N) is 2. The highest BCUT2D eigenvalue weighted by atomic mass is 32.2. The van der Waals surface area contributed by atoms with E-state index in [0.717, 1.165) is 12.1 Å². The summed E-state index contributed by atoms with van der Waals surface area (Å²) in [7, 11) is -4.13. The SMILES string of the molecule is Cc1nc2cc(NC(=O)c3ccc(NS(=O)(=O)c4ccc(F)c(F)c4)cc3)ccc2o1. The van der Waals surface area contributed by atoms with Crippen molar-refractivity contribution in [1.82, 2.24) is 4.98 Å². The first-order valence-electron chi connectivity index (χ1n) is 8.98. The Bertz CT molecular complexity index is 1400. The molecule has 2 N–H and O–H groups in total. The number of aryl methyl sites for hydroxylation is 1. The van der Waals surface area contributed by atoms with Crippen molar-refractivity contribution in [1.29, 1.82) is 0 Å². The number of carbonyl (C=O) groups is 1. The van der Waals surface area contributed by atoms with Crippen LogP contribution >= 0.6 is 0 Å². The van der Waals surface area contributed by atoms with Crippen LogP contribution in [0.2, 0.25) is 0 Å². The van der Waals surface area contributed by atoms with Crippen LogP contribution in [-0.2, 0) is 10.0 Å². The molecule has 1 heterocycles. The molecule has 0 saturated heterocycles. The number of fused-ring (bicyclic) bond motifs is 1. The molecular weight excluding hydrogens is 428 g/mol. The van der Waals surface area contributed by atoms with E-state index in [0.29, 0.717) is 28.7 Å². The lowest BCUT2D eigenvalue weighted by atomic mass is 10.2. The Hall–Kier alpha value is -3.79. The predicted octanol–water partition coefficient (Wildman–Crippen LogP) is 4.47. The lowest BCUT2D eigenvalue weighted by molar-refractivity contribution is 0.102. The molecule has 0 aliphatic rings. The van der Waals surface area contributed by atoms with Gasteiger partial charge in [-0.25, -0.2) is 22.2 Å². The molecular formula is C21H15F2N3O4S. The van der Waals surface area contributed by atoms with E-state index in [1.165, 1.54) is 24.3 Å². The minimum absolute atomic E-state index is 0.153. The maximum absolute atomic E-state index is 13.3. The summed E-state index contributed by atoms with van der Waals surface area (Å²) in [4.78, 5) is 16.3. The van der Waals surface area contributed by atoms with E-state index in [2.05, 4.69) is 15.0 Å². The maximum atomic E-state index is 13.3. The van der Waals surface area contributed by atoms with Gasteiger partial charge in [0.2, 0.25) is 0 Å². The predicted molar refractivity (Wildman–Crippen MR) is 110 cm³/mol. The van der Waals surface area contributed by atoms with E-state index in [1.807, 2.05) is 0 Å². The number of halogens is 2. The average Bonchev–Trinajstić information content (AvgIpc) is 3.09. The number of nitrogens with zero attached hydrogens (tertiary/aromatic N) is 1. The van der Waals surface area contributed by atoms with Gasteiger partial charge in [0.15, 0.2) is 23.1 Å². The third-order valence-corrected chi connectivity index (χ3v) is 5.73. The first-order chi connectivity index (χ1) is 14.7. The number of benzene rings is 3. The average molecular weight is 443 g/mol. The van der Waals surface area contributed by atoms with Crippen LogP contribution in [0.1, 0.15) is 16.2 Å². The van der Waals surface area contributed by atoms with Gasteiger partial charge in [0.05, 0.1) is 4.90 Å². The van der Waals surface area contributed by atoms with Crippen LogP contribution in [-0.4, -0.2) is 19.3 Å². The highest BCUT2D eigenvalue weighted by molar-refractivity contribution is 7.92. The zero-order chi connectivity index (χ0) is 22.2. The molecule has 1 aromatic heterocycles. The third-order valence-electron chi connectivity index (χ3n) is 4.35. The number of aromatic nitrogens is 1. The monoisotopic (exact) mass is 443 g/mol. The summed E-state index contributed by atoms with van der Waals surface area (Å²) < 4.78 is 58.7. The molecule has 0 radical (unpaired) electrons. The van der Waals surface area contributed by atoms with Gasteiger partial charge in [-0.15, -0.1) is 0 Å². The first kappa shape index (κ1) is 20.5. The Labute approximate surface area is 175 Å². The van der Waals surface area contributed by atoms with Crippen molar-refractivity contribution in [3.63, 3.8) is 0 Å². The van der Waals surface area contributed by atoms with Crippen LogP contribution < -0.4 is 10.0 Å². The topological polar surface area (TPSA) is 101 Å². The van der Waals surface area contributed by atoms with E-state index in [1.54, 1.807) is 25.1 Å². The molecule has 0 aliphatic carbocycles. The number of hydrogen-bond donors (Lipinski definition) is 2. The second-order valence-electron chi connectivity index (χ2n) is 6.63. The lowest BCUT2D eigenvalue weighted by Gasteiger charge is -2.09. The van der Waals surface area contributed by atoms with E-state index < -0.39 is 32.5 Å². The summed E-state index contributed by atoms with van der Waals surface area (Å²) in [6.07, 6.45) is 0. The van der Waals surface area contributed by atoms with Crippen LogP contribution in [0.3, 0.4) is 0 Å². The number of rotatable bonds is 5. The van der Waals surface area contributed by atoms with Gasteiger partial charge in [-0.1, -0.05) is 0 Å². The van der Waals surface area contributed by atoms with Crippen molar-refractivity contribution < 1.29 is 26.4 Å². The Morgan fingerprint density at radius 2 is 1.65 bits per heavy atom. The number of sulfonamides is 1. The molecule has 4 rings (SSSR count). The normalized spacial score (nSPS) is 11.5. The van der Waals surface area contributed by atoms with Gasteiger partial charge < -0.3 is 9.73 Å². The molecule has 0 fully saturated rings. The van der Waals surface area contributed by atoms with Crippen molar-refractivity contribution in [3.05, 3.63) is 83.8 Å². The van der Waals surface area contributed by atoms with Gasteiger partial charge in [0, 0.05) is 23.9 Å². The van der Waals surface area contributed by atoms with Gasteiger partial charge >= 0.3 is 0 Å². The highest BCUT2D eigenvalue weighted by Gasteiger charge is 2.17. The molecule has 0 aliphatic heterocycles. The Morgan fingerprint density at radius 3 is 2.35 bits per heavy atom. The summed E-state index contributed by atoms with van der Waals surface area (Å²) in [5.74, 6) is -2.31. The molecule has 0 bridgehead atoms. The zero-order valence-electron chi connectivity index (χ0n) is 16.0. The van der Waals surface area contributed by atoms with E-state index in [4.69, 9.17) is 4.42 Å². The zero-order valence-corrected chi connectivity index (χ0v) is 16.8. The molecule has 10 heteroatoms. The molecule has 4 aromatic rings. The Kier molecular flexibility index (Phi) is 5.15. The summed E-state index contributed by atoms with van der Waals surface area (Å²) in [5.41, 5.74) is 2.17. The molecule has 0 unspecified atom stereocenters. The largest absolute Gasteiger partial charge is 0.441 e. The van der Waals surface area contributed by atoms with Gasteiger partial charge in [-0.05, 0) is 60.7 Å². The quantitative estimate of drug-likeness (QED) is 0.474. The minimum atomic E-state index is -4.13. The summed E-state index contributed by atoms with van der Waals surface area (Å²) in [6.45, 7) is 1.72. The molecule has 7 nitrogen and oxygen atoms in total. The van der Waals surface area contributed by atoms with Gasteiger partial charge in [0.25, 0.3) is 15.9 Å². The van der Waals surface area contributed by atoms with Crippen LogP contribution in [0, 0.1) is 18.6 Å². The van der Waals surface area contributed by atoms with Gasteiger partial charge in [0.1, 0.15) is 5.52 Å². The van der Waals surface area contributed by atoms with Gasteiger partial charge in [-0.2, -0.15) is 0 Å². The molecule has 1 amide bonds. The standard InChI is InChI=1S/C21H15F2N3O4S/c1-12-24-19-10-15(6-9-20(19)30-12)25-21(27)13-2-4-14(5-3-13)26-31(28,29)16-7-8-17(22)18(23)11-16/h2-11,26H,1H3,(H,25,27). The third kappa shape index (κ3) is 4.38.